The molecule has 0 aliphatic heterocycles. The van der Waals surface area contributed by atoms with Crippen LogP contribution >= 0.6 is 27.3 Å². The van der Waals surface area contributed by atoms with Crippen molar-refractivity contribution in [1.29, 1.82) is 0 Å². The van der Waals surface area contributed by atoms with Crippen molar-refractivity contribution in [2.75, 3.05) is 0 Å². The Hall–Kier alpha value is -0.800. The first-order valence-corrected chi connectivity index (χ1v) is 6.92. The van der Waals surface area contributed by atoms with Crippen molar-refractivity contribution in [2.24, 2.45) is 0 Å². The summed E-state index contributed by atoms with van der Waals surface area (Å²) in [5.74, 6) is 0.912. The Kier molecular flexibility index (Phi) is 4.02. The van der Waals surface area contributed by atoms with Gasteiger partial charge in [0.25, 0.3) is 0 Å². The number of hydrogen-bond acceptors (Lipinski definition) is 2. The molecule has 0 saturated carbocycles. The van der Waals surface area contributed by atoms with E-state index in [1.54, 1.807) is 11.3 Å². The van der Waals surface area contributed by atoms with Gasteiger partial charge in [0.05, 0.1) is 0 Å². The van der Waals surface area contributed by atoms with Gasteiger partial charge in [0.15, 0.2) is 0 Å². The number of ether oxygens (including phenoxy) is 1. The molecule has 0 fully saturated rings. The van der Waals surface area contributed by atoms with Gasteiger partial charge in [-0.25, -0.2) is 0 Å². The number of benzene rings is 1. The van der Waals surface area contributed by atoms with E-state index < -0.39 is 0 Å². The largest absolute Gasteiger partial charge is 0.485 e. The molecule has 16 heavy (non-hydrogen) atoms. The van der Waals surface area contributed by atoms with E-state index in [1.165, 1.54) is 4.88 Å². The molecule has 0 aliphatic carbocycles. The molecule has 1 aromatic heterocycles. The average molecular weight is 297 g/mol. The van der Waals surface area contributed by atoms with Crippen LogP contribution in [-0.4, -0.2) is 0 Å². The Morgan fingerprint density at radius 2 is 2.19 bits per heavy atom. The van der Waals surface area contributed by atoms with Gasteiger partial charge in [-0.3, -0.25) is 0 Å². The topological polar surface area (TPSA) is 9.23 Å². The van der Waals surface area contributed by atoms with Crippen LogP contribution in [0.25, 0.3) is 0 Å². The summed E-state index contributed by atoms with van der Waals surface area (Å²) in [6.45, 7) is 2.14. The predicted octanol–water partition coefficient (Wildman–Crippen LogP) is 5.04. The highest BCUT2D eigenvalue weighted by Crippen LogP contribution is 2.28. The van der Waals surface area contributed by atoms with Gasteiger partial charge in [0.2, 0.25) is 0 Å². The third kappa shape index (κ3) is 2.86. The maximum Gasteiger partial charge on any atom is 0.133 e. The van der Waals surface area contributed by atoms with Crippen LogP contribution in [0.3, 0.4) is 0 Å². The van der Waals surface area contributed by atoms with Gasteiger partial charge < -0.3 is 4.74 Å². The lowest BCUT2D eigenvalue weighted by Crippen LogP contribution is -2.04. The Labute approximate surface area is 108 Å². The van der Waals surface area contributed by atoms with E-state index in [4.69, 9.17) is 4.74 Å². The lowest BCUT2D eigenvalue weighted by atomic mass is 10.2. The van der Waals surface area contributed by atoms with Crippen molar-refractivity contribution < 1.29 is 4.74 Å². The smallest absolute Gasteiger partial charge is 0.133 e. The van der Waals surface area contributed by atoms with E-state index in [9.17, 15) is 0 Å². The van der Waals surface area contributed by atoms with E-state index in [-0.39, 0.29) is 6.10 Å². The first-order valence-electron chi connectivity index (χ1n) is 5.25. The molecule has 0 bridgehead atoms. The van der Waals surface area contributed by atoms with Crippen LogP contribution in [0.1, 0.15) is 24.3 Å². The summed E-state index contributed by atoms with van der Waals surface area (Å²) in [5, 5.41) is 2.09. The zero-order valence-electron chi connectivity index (χ0n) is 9.02. The maximum absolute atomic E-state index is 5.97. The quantitative estimate of drug-likeness (QED) is 0.768. The molecule has 1 atom stereocenters. The monoisotopic (exact) mass is 296 g/mol. The predicted molar refractivity (Wildman–Crippen MR) is 72.1 cm³/mol. The van der Waals surface area contributed by atoms with Crippen molar-refractivity contribution in [3.8, 4) is 5.75 Å². The van der Waals surface area contributed by atoms with Crippen LogP contribution in [0, 0.1) is 0 Å². The number of thiophene rings is 1. The Bertz CT molecular complexity index is 439. The third-order valence-corrected chi connectivity index (χ3v) is 3.76. The molecule has 2 aromatic rings. The molecule has 0 radical (unpaired) electrons. The number of halogens is 1. The molecule has 84 valence electrons. The molecule has 0 saturated heterocycles. The fourth-order valence-corrected chi connectivity index (χ4v) is 2.74. The minimum atomic E-state index is 0.161. The minimum absolute atomic E-state index is 0.161. The molecule has 0 aliphatic rings. The molecule has 3 heteroatoms. The normalized spacial score (nSPS) is 12.4. The second-order valence-corrected chi connectivity index (χ2v) is 5.38. The zero-order valence-corrected chi connectivity index (χ0v) is 11.4. The van der Waals surface area contributed by atoms with Gasteiger partial charge in [-0.15, -0.1) is 11.3 Å². The lowest BCUT2D eigenvalue weighted by Gasteiger charge is -2.16. The molecule has 0 amide bonds. The fourth-order valence-electron chi connectivity index (χ4n) is 1.52. The van der Waals surface area contributed by atoms with E-state index in [0.717, 1.165) is 16.6 Å². The van der Waals surface area contributed by atoms with Gasteiger partial charge in [-0.05, 0) is 36.1 Å². The Morgan fingerprint density at radius 3 is 2.81 bits per heavy atom. The second kappa shape index (κ2) is 5.51. The Balaban J connectivity index is 2.13. The van der Waals surface area contributed by atoms with E-state index in [0.29, 0.717) is 0 Å². The molecule has 1 aromatic carbocycles. The summed E-state index contributed by atoms with van der Waals surface area (Å²) >= 11 is 5.19. The average Bonchev–Trinajstić information content (AvgIpc) is 2.79. The molecular formula is C13H13BrOS. The van der Waals surface area contributed by atoms with Gasteiger partial charge in [-0.1, -0.05) is 35.0 Å². The number of rotatable bonds is 4. The van der Waals surface area contributed by atoms with E-state index in [2.05, 4.69) is 40.4 Å². The second-order valence-electron chi connectivity index (χ2n) is 3.49. The van der Waals surface area contributed by atoms with Gasteiger partial charge in [-0.2, -0.15) is 0 Å². The zero-order chi connectivity index (χ0) is 11.4. The van der Waals surface area contributed by atoms with Crippen molar-refractivity contribution in [1.82, 2.24) is 0 Å². The first-order chi connectivity index (χ1) is 7.79. The van der Waals surface area contributed by atoms with Gasteiger partial charge in [0, 0.05) is 9.35 Å². The SMILES string of the molecule is CC[C@H](Oc1cccc(Br)c1)c1cccs1. The lowest BCUT2D eigenvalue weighted by molar-refractivity contribution is 0.205. The van der Waals surface area contributed by atoms with Gasteiger partial charge >= 0.3 is 0 Å². The highest BCUT2D eigenvalue weighted by Gasteiger charge is 2.11. The van der Waals surface area contributed by atoms with Crippen LogP contribution < -0.4 is 4.74 Å². The molecule has 0 spiro atoms. The molecule has 0 N–H and O–H groups in total. The van der Waals surface area contributed by atoms with Crippen LogP contribution in [0.4, 0.5) is 0 Å². The fraction of sp³-hybridized carbons (Fsp3) is 0.231. The summed E-state index contributed by atoms with van der Waals surface area (Å²) in [4.78, 5) is 1.28. The third-order valence-electron chi connectivity index (χ3n) is 2.31. The van der Waals surface area contributed by atoms with Crippen molar-refractivity contribution in [3.63, 3.8) is 0 Å². The van der Waals surface area contributed by atoms with Crippen molar-refractivity contribution in [3.05, 3.63) is 51.1 Å². The first kappa shape index (κ1) is 11.7. The molecular weight excluding hydrogens is 284 g/mol. The Morgan fingerprint density at radius 1 is 1.31 bits per heavy atom. The molecule has 1 nitrogen and oxygen atoms in total. The minimum Gasteiger partial charge on any atom is -0.485 e. The number of hydrogen-bond donors (Lipinski definition) is 0. The van der Waals surface area contributed by atoms with Crippen LogP contribution in [0.2, 0.25) is 0 Å². The van der Waals surface area contributed by atoms with Gasteiger partial charge in [0.1, 0.15) is 11.9 Å². The van der Waals surface area contributed by atoms with Crippen LogP contribution in [0.5, 0.6) is 5.75 Å². The summed E-state index contributed by atoms with van der Waals surface area (Å²) < 4.78 is 7.02. The van der Waals surface area contributed by atoms with Crippen molar-refractivity contribution >= 4 is 27.3 Å². The molecule has 1 heterocycles. The summed E-state index contributed by atoms with van der Waals surface area (Å²) in [6, 6.07) is 12.2. The van der Waals surface area contributed by atoms with Crippen LogP contribution in [0.15, 0.2) is 46.3 Å². The standard InChI is InChI=1S/C13H13BrOS/c1-2-12(13-7-4-8-16-13)15-11-6-3-5-10(14)9-11/h3-9,12H,2H2,1H3/t12-/m0/s1. The van der Waals surface area contributed by atoms with Crippen molar-refractivity contribution in [2.45, 2.75) is 19.4 Å². The van der Waals surface area contributed by atoms with E-state index >= 15 is 0 Å². The van der Waals surface area contributed by atoms with E-state index in [1.807, 2.05) is 24.3 Å². The highest BCUT2D eigenvalue weighted by molar-refractivity contribution is 9.10. The molecule has 0 unspecified atom stereocenters. The maximum atomic E-state index is 5.97. The summed E-state index contributed by atoms with van der Waals surface area (Å²) in [6.07, 6.45) is 1.14. The van der Waals surface area contributed by atoms with Crippen LogP contribution in [-0.2, 0) is 0 Å². The summed E-state index contributed by atoms with van der Waals surface area (Å²) in [5.41, 5.74) is 0. The molecule has 2 rings (SSSR count). The highest BCUT2D eigenvalue weighted by atomic mass is 79.9. The summed E-state index contributed by atoms with van der Waals surface area (Å²) in [7, 11) is 0.